The first-order valence-corrected chi connectivity index (χ1v) is 8.00. The maximum Gasteiger partial charge on any atom is 0.320 e. The molecule has 0 heterocycles. The Morgan fingerprint density at radius 2 is 1.31 bits per heavy atom. The van der Waals surface area contributed by atoms with Gasteiger partial charge in [0.05, 0.1) is 57.1 Å². The molecule has 11 nitrogen and oxygen atoms in total. The molecule has 0 spiro atoms. The Bertz CT molecular complexity index is 414. The van der Waals surface area contributed by atoms with Crippen molar-refractivity contribution in [2.45, 2.75) is 18.9 Å². The van der Waals surface area contributed by atoms with Gasteiger partial charge in [-0.3, -0.25) is 9.59 Å². The first kappa shape index (κ1) is 24.7. The van der Waals surface area contributed by atoms with Crippen LogP contribution < -0.4 is 5.73 Å². The number of hydrogen-bond acceptors (Lipinski definition) is 10. The molecule has 154 valence electrons. The van der Waals surface area contributed by atoms with Crippen LogP contribution in [0.25, 0.3) is 0 Å². The Labute approximate surface area is 151 Å². The molecule has 0 aliphatic carbocycles. The van der Waals surface area contributed by atoms with Gasteiger partial charge in [0.25, 0.3) is 0 Å². The monoisotopic (exact) mass is 383 g/mol. The number of nitrogens with two attached hydrogens (primary N) is 1. The van der Waals surface area contributed by atoms with Crippen LogP contribution in [0.5, 0.6) is 0 Å². The minimum Gasteiger partial charge on any atom is -0.480 e. The van der Waals surface area contributed by atoms with E-state index in [0.717, 1.165) is 0 Å². The molecule has 1 atom stereocenters. The fraction of sp³-hybridized carbons (Fsp3) is 0.867. The highest BCUT2D eigenvalue weighted by Gasteiger charge is 2.34. The van der Waals surface area contributed by atoms with E-state index in [0.29, 0.717) is 0 Å². The summed E-state index contributed by atoms with van der Waals surface area (Å²) in [6.45, 7) is -3.71. The summed E-state index contributed by atoms with van der Waals surface area (Å²) in [7, 11) is 0. The third-order valence-electron chi connectivity index (χ3n) is 4.01. The predicted molar refractivity (Wildman–Crippen MR) is 86.9 cm³/mol. The molecule has 0 saturated carbocycles. The third kappa shape index (κ3) is 7.91. The maximum atomic E-state index is 11.6. The minimum absolute atomic E-state index is 0.123. The van der Waals surface area contributed by atoms with E-state index < -0.39 is 68.5 Å². The Morgan fingerprint density at radius 1 is 0.846 bits per heavy atom. The van der Waals surface area contributed by atoms with E-state index in [1.807, 2.05) is 0 Å². The van der Waals surface area contributed by atoms with E-state index in [4.69, 9.17) is 20.3 Å². The fourth-order valence-electron chi connectivity index (χ4n) is 1.75. The van der Waals surface area contributed by atoms with Gasteiger partial charge in [-0.1, -0.05) is 0 Å². The molecule has 0 aromatic rings. The van der Waals surface area contributed by atoms with E-state index in [1.165, 1.54) is 0 Å². The quantitative estimate of drug-likeness (QED) is 0.139. The SMILES string of the molecule is NC(CCC(=O)OCC(CO)(CO)COCC(CO)(CO)CO)C(=O)O. The van der Waals surface area contributed by atoms with Crippen molar-refractivity contribution in [1.82, 2.24) is 0 Å². The zero-order valence-corrected chi connectivity index (χ0v) is 14.5. The number of esters is 1. The number of rotatable bonds is 15. The average molecular weight is 383 g/mol. The number of aliphatic hydroxyl groups is 5. The lowest BCUT2D eigenvalue weighted by Gasteiger charge is -2.32. The van der Waals surface area contributed by atoms with Crippen LogP contribution in [-0.2, 0) is 19.1 Å². The summed E-state index contributed by atoms with van der Waals surface area (Å²) in [6.07, 6.45) is -0.369. The van der Waals surface area contributed by atoms with Gasteiger partial charge < -0.3 is 45.8 Å². The molecule has 0 radical (unpaired) electrons. The number of carboxylic acid groups (broad SMARTS) is 1. The van der Waals surface area contributed by atoms with Crippen LogP contribution >= 0.6 is 0 Å². The maximum absolute atomic E-state index is 11.6. The smallest absolute Gasteiger partial charge is 0.320 e. The largest absolute Gasteiger partial charge is 0.480 e. The van der Waals surface area contributed by atoms with Gasteiger partial charge in [-0.05, 0) is 6.42 Å². The summed E-state index contributed by atoms with van der Waals surface area (Å²) in [5.41, 5.74) is 2.66. The van der Waals surface area contributed by atoms with Gasteiger partial charge in [-0.25, -0.2) is 0 Å². The number of aliphatic hydroxyl groups excluding tert-OH is 5. The zero-order chi connectivity index (χ0) is 20.2. The summed E-state index contributed by atoms with van der Waals surface area (Å²) >= 11 is 0. The van der Waals surface area contributed by atoms with Crippen molar-refractivity contribution in [2.24, 2.45) is 16.6 Å². The van der Waals surface area contributed by atoms with Gasteiger partial charge in [0.2, 0.25) is 0 Å². The summed E-state index contributed by atoms with van der Waals surface area (Å²) in [6, 6.07) is -1.20. The van der Waals surface area contributed by atoms with Gasteiger partial charge >= 0.3 is 11.9 Å². The number of hydrogen-bond donors (Lipinski definition) is 7. The van der Waals surface area contributed by atoms with Crippen LogP contribution in [0.15, 0.2) is 0 Å². The summed E-state index contributed by atoms with van der Waals surface area (Å²) in [5, 5.41) is 55.3. The van der Waals surface area contributed by atoms with Crippen LogP contribution in [0.3, 0.4) is 0 Å². The zero-order valence-electron chi connectivity index (χ0n) is 14.5. The van der Waals surface area contributed by atoms with Crippen molar-refractivity contribution in [3.05, 3.63) is 0 Å². The number of ether oxygens (including phenoxy) is 2. The van der Waals surface area contributed by atoms with E-state index >= 15 is 0 Å². The molecule has 1 unspecified atom stereocenters. The third-order valence-corrected chi connectivity index (χ3v) is 4.01. The molecule has 0 bridgehead atoms. The molecule has 8 N–H and O–H groups in total. The van der Waals surface area contributed by atoms with E-state index in [1.54, 1.807) is 0 Å². The van der Waals surface area contributed by atoms with Crippen LogP contribution in [0.4, 0.5) is 0 Å². The Balaban J connectivity index is 4.56. The van der Waals surface area contributed by atoms with Gasteiger partial charge in [0, 0.05) is 6.42 Å². The highest BCUT2D eigenvalue weighted by molar-refractivity contribution is 5.75. The van der Waals surface area contributed by atoms with Crippen molar-refractivity contribution in [3.63, 3.8) is 0 Å². The highest BCUT2D eigenvalue weighted by atomic mass is 16.5. The number of aliphatic carboxylic acids is 1. The van der Waals surface area contributed by atoms with E-state index in [2.05, 4.69) is 0 Å². The number of carbonyl (C=O) groups is 2. The fourth-order valence-corrected chi connectivity index (χ4v) is 1.75. The highest BCUT2D eigenvalue weighted by Crippen LogP contribution is 2.21. The molecular weight excluding hydrogens is 354 g/mol. The topological polar surface area (TPSA) is 200 Å². The first-order valence-electron chi connectivity index (χ1n) is 8.00. The van der Waals surface area contributed by atoms with Crippen molar-refractivity contribution < 1.29 is 49.7 Å². The Hall–Kier alpha value is -1.34. The van der Waals surface area contributed by atoms with Crippen molar-refractivity contribution in [1.29, 1.82) is 0 Å². The van der Waals surface area contributed by atoms with Gasteiger partial charge in [0.15, 0.2) is 0 Å². The molecule has 0 saturated heterocycles. The normalized spacial score (nSPS) is 13.5. The van der Waals surface area contributed by atoms with Crippen LogP contribution in [-0.4, -0.2) is 101 Å². The summed E-state index contributed by atoms with van der Waals surface area (Å²) < 4.78 is 10.2. The van der Waals surface area contributed by atoms with E-state index in [-0.39, 0.29) is 26.1 Å². The molecule has 0 aliphatic heterocycles. The number of carbonyl (C=O) groups excluding carboxylic acids is 1. The lowest BCUT2D eigenvalue weighted by molar-refractivity contribution is -0.155. The molecule has 0 aromatic heterocycles. The van der Waals surface area contributed by atoms with Crippen LogP contribution in [0.2, 0.25) is 0 Å². The lowest BCUT2D eigenvalue weighted by Crippen LogP contribution is -2.44. The van der Waals surface area contributed by atoms with Crippen LogP contribution in [0, 0.1) is 10.8 Å². The molecule has 0 rings (SSSR count). The second kappa shape index (κ2) is 12.1. The second-order valence-electron chi connectivity index (χ2n) is 6.43. The molecule has 0 fully saturated rings. The average Bonchev–Trinajstić information content (AvgIpc) is 2.66. The van der Waals surface area contributed by atoms with Gasteiger partial charge in [-0.2, -0.15) is 0 Å². The molecule has 26 heavy (non-hydrogen) atoms. The van der Waals surface area contributed by atoms with E-state index in [9.17, 15) is 35.1 Å². The summed E-state index contributed by atoms with van der Waals surface area (Å²) in [5.74, 6) is -1.99. The molecule has 0 amide bonds. The first-order chi connectivity index (χ1) is 12.2. The van der Waals surface area contributed by atoms with Crippen molar-refractivity contribution in [3.8, 4) is 0 Å². The second-order valence-corrected chi connectivity index (χ2v) is 6.43. The Morgan fingerprint density at radius 3 is 1.73 bits per heavy atom. The van der Waals surface area contributed by atoms with Gasteiger partial charge in [-0.15, -0.1) is 0 Å². The standard InChI is InChI=1S/C15H29NO10/c16-11(13(23)24)1-2-12(22)26-10-15(6-20,7-21)9-25-8-14(3-17,4-18)5-19/h11,17-21H,1-10,16H2,(H,23,24). The number of carboxylic acids is 1. The lowest BCUT2D eigenvalue weighted by atomic mass is 9.90. The minimum atomic E-state index is -1.34. The van der Waals surface area contributed by atoms with Crippen molar-refractivity contribution >= 4 is 11.9 Å². The van der Waals surface area contributed by atoms with Crippen molar-refractivity contribution in [2.75, 3.05) is 52.9 Å². The Kier molecular flexibility index (Phi) is 11.5. The predicted octanol–water partition coefficient (Wildman–Crippen LogP) is -3.33. The molecule has 11 heteroatoms. The van der Waals surface area contributed by atoms with Gasteiger partial charge in [0.1, 0.15) is 12.6 Å². The molecule has 0 aromatic carbocycles. The van der Waals surface area contributed by atoms with Crippen LogP contribution in [0.1, 0.15) is 12.8 Å². The summed E-state index contributed by atoms with van der Waals surface area (Å²) in [4.78, 5) is 22.2. The molecule has 0 aliphatic rings. The molecular formula is C15H29NO10.